The molecule has 6 nitrogen and oxygen atoms in total. The molecule has 3 rings (SSSR count). The molecule has 0 aliphatic carbocycles. The van der Waals surface area contributed by atoms with Crippen molar-refractivity contribution in [1.29, 1.82) is 0 Å². The van der Waals surface area contributed by atoms with Crippen LogP contribution in [-0.2, 0) is 0 Å². The lowest BCUT2D eigenvalue weighted by Crippen LogP contribution is -2.01. The Labute approximate surface area is 161 Å². The van der Waals surface area contributed by atoms with E-state index >= 15 is 0 Å². The number of halogens is 2. The number of methoxy groups -OCH3 is 2. The van der Waals surface area contributed by atoms with Gasteiger partial charge in [0.15, 0.2) is 11.5 Å². The Bertz CT molecular complexity index is 901. The van der Waals surface area contributed by atoms with Gasteiger partial charge in [0, 0.05) is 33.7 Å². The molecule has 0 atom stereocenters. The summed E-state index contributed by atoms with van der Waals surface area (Å²) in [5.74, 6) is 2.30. The normalized spacial score (nSPS) is 10.3. The number of nitrogens with zero attached hydrogens (tertiary/aromatic N) is 2. The van der Waals surface area contributed by atoms with Crippen molar-refractivity contribution in [3.8, 4) is 11.5 Å². The van der Waals surface area contributed by atoms with Gasteiger partial charge in [0.1, 0.15) is 5.82 Å². The zero-order valence-electron chi connectivity index (χ0n) is 14.1. The summed E-state index contributed by atoms with van der Waals surface area (Å²) in [5.41, 5.74) is 1.50. The van der Waals surface area contributed by atoms with Crippen LogP contribution in [0.25, 0.3) is 0 Å². The van der Waals surface area contributed by atoms with E-state index in [0.717, 1.165) is 5.69 Å². The van der Waals surface area contributed by atoms with E-state index < -0.39 is 0 Å². The van der Waals surface area contributed by atoms with E-state index in [1.54, 1.807) is 44.7 Å². The molecule has 8 heteroatoms. The molecule has 0 spiro atoms. The molecule has 0 aliphatic heterocycles. The summed E-state index contributed by atoms with van der Waals surface area (Å²) in [7, 11) is 3.18. The highest BCUT2D eigenvalue weighted by molar-refractivity contribution is 6.35. The van der Waals surface area contributed by atoms with Gasteiger partial charge in [-0.25, -0.2) is 4.98 Å². The third-order valence-electron chi connectivity index (χ3n) is 3.43. The second-order valence-corrected chi connectivity index (χ2v) is 6.12. The smallest absolute Gasteiger partial charge is 0.229 e. The standard InChI is InChI=1S/C18H16Cl2N4O2/c1-25-15-4-3-13(10-16(15)26-2)22-17-5-6-21-18(24-17)23-14-8-11(19)7-12(20)9-14/h3-10H,1-2H3,(H2,21,22,23,24). The first-order chi connectivity index (χ1) is 12.6. The predicted octanol–water partition coefficient (Wildman–Crippen LogP) is 5.29. The molecule has 0 radical (unpaired) electrons. The maximum Gasteiger partial charge on any atom is 0.229 e. The van der Waals surface area contributed by atoms with Gasteiger partial charge in [-0.15, -0.1) is 0 Å². The average Bonchev–Trinajstić information content (AvgIpc) is 2.61. The number of nitrogens with one attached hydrogen (secondary N) is 2. The molecule has 26 heavy (non-hydrogen) atoms. The minimum atomic E-state index is 0.411. The number of anilines is 4. The van der Waals surface area contributed by atoms with Gasteiger partial charge in [-0.3, -0.25) is 0 Å². The van der Waals surface area contributed by atoms with Crippen molar-refractivity contribution in [3.63, 3.8) is 0 Å². The van der Waals surface area contributed by atoms with Crippen LogP contribution in [0.5, 0.6) is 11.5 Å². The number of rotatable bonds is 6. The summed E-state index contributed by atoms with van der Waals surface area (Å²) in [5, 5.41) is 7.33. The zero-order valence-corrected chi connectivity index (χ0v) is 15.6. The first kappa shape index (κ1) is 18.1. The Morgan fingerprint density at radius 3 is 2.23 bits per heavy atom. The molecule has 2 N–H and O–H groups in total. The van der Waals surface area contributed by atoms with Gasteiger partial charge in [0.2, 0.25) is 5.95 Å². The zero-order chi connectivity index (χ0) is 18.5. The van der Waals surface area contributed by atoms with E-state index in [1.165, 1.54) is 0 Å². The van der Waals surface area contributed by atoms with Crippen LogP contribution in [0, 0.1) is 0 Å². The molecule has 0 amide bonds. The molecule has 0 saturated heterocycles. The number of hydrogen-bond donors (Lipinski definition) is 2. The first-order valence-electron chi connectivity index (χ1n) is 7.62. The fourth-order valence-corrected chi connectivity index (χ4v) is 2.83. The van der Waals surface area contributed by atoms with Crippen LogP contribution in [-0.4, -0.2) is 24.2 Å². The van der Waals surface area contributed by atoms with Crippen LogP contribution in [0.15, 0.2) is 48.7 Å². The quantitative estimate of drug-likeness (QED) is 0.595. The van der Waals surface area contributed by atoms with E-state index in [-0.39, 0.29) is 0 Å². The predicted molar refractivity (Wildman–Crippen MR) is 105 cm³/mol. The van der Waals surface area contributed by atoms with Gasteiger partial charge in [0.25, 0.3) is 0 Å². The highest BCUT2D eigenvalue weighted by Crippen LogP contribution is 2.31. The summed E-state index contributed by atoms with van der Waals surface area (Å²) in [6.45, 7) is 0. The van der Waals surface area contributed by atoms with Crippen LogP contribution in [0.2, 0.25) is 10.0 Å². The van der Waals surface area contributed by atoms with Crippen LogP contribution in [0.1, 0.15) is 0 Å². The van der Waals surface area contributed by atoms with Gasteiger partial charge in [0.05, 0.1) is 14.2 Å². The Kier molecular flexibility index (Phi) is 5.65. The maximum atomic E-state index is 6.01. The maximum absolute atomic E-state index is 6.01. The van der Waals surface area contributed by atoms with Gasteiger partial charge in [-0.1, -0.05) is 23.2 Å². The van der Waals surface area contributed by atoms with Crippen LogP contribution < -0.4 is 20.1 Å². The number of benzene rings is 2. The summed E-state index contributed by atoms with van der Waals surface area (Å²) in [4.78, 5) is 8.63. The third-order valence-corrected chi connectivity index (χ3v) is 3.87. The highest BCUT2D eigenvalue weighted by atomic mass is 35.5. The molecule has 0 aliphatic rings. The topological polar surface area (TPSA) is 68.3 Å². The van der Waals surface area contributed by atoms with Crippen LogP contribution in [0.4, 0.5) is 23.1 Å². The largest absolute Gasteiger partial charge is 0.493 e. The van der Waals surface area contributed by atoms with Crippen molar-refractivity contribution < 1.29 is 9.47 Å². The van der Waals surface area contributed by atoms with Crippen LogP contribution in [0.3, 0.4) is 0 Å². The molecule has 0 fully saturated rings. The second kappa shape index (κ2) is 8.12. The minimum absolute atomic E-state index is 0.411. The Morgan fingerprint density at radius 2 is 1.54 bits per heavy atom. The molecule has 3 aromatic rings. The summed E-state index contributed by atoms with van der Waals surface area (Å²) in [6.07, 6.45) is 1.64. The van der Waals surface area contributed by atoms with E-state index in [9.17, 15) is 0 Å². The van der Waals surface area contributed by atoms with Gasteiger partial charge in [-0.2, -0.15) is 4.98 Å². The SMILES string of the molecule is COc1ccc(Nc2ccnc(Nc3cc(Cl)cc(Cl)c3)n2)cc1OC. The second-order valence-electron chi connectivity index (χ2n) is 5.24. The molecule has 0 saturated carbocycles. The van der Waals surface area contributed by atoms with Crippen LogP contribution >= 0.6 is 23.2 Å². The van der Waals surface area contributed by atoms with Crippen molar-refractivity contribution in [2.45, 2.75) is 0 Å². The van der Waals surface area contributed by atoms with E-state index in [1.807, 2.05) is 18.2 Å². The van der Waals surface area contributed by atoms with Crippen molar-refractivity contribution in [2.24, 2.45) is 0 Å². The molecule has 1 heterocycles. The van der Waals surface area contributed by atoms with Gasteiger partial charge >= 0.3 is 0 Å². The van der Waals surface area contributed by atoms with Crippen molar-refractivity contribution in [3.05, 3.63) is 58.7 Å². The fraction of sp³-hybridized carbons (Fsp3) is 0.111. The lowest BCUT2D eigenvalue weighted by molar-refractivity contribution is 0.355. The highest BCUT2D eigenvalue weighted by Gasteiger charge is 2.07. The monoisotopic (exact) mass is 390 g/mol. The van der Waals surface area contributed by atoms with E-state index in [2.05, 4.69) is 20.6 Å². The van der Waals surface area contributed by atoms with E-state index in [0.29, 0.717) is 39.0 Å². The van der Waals surface area contributed by atoms with Gasteiger partial charge < -0.3 is 20.1 Å². The first-order valence-corrected chi connectivity index (χ1v) is 8.38. The fourth-order valence-electron chi connectivity index (χ4n) is 2.31. The molecule has 0 unspecified atom stereocenters. The number of aromatic nitrogens is 2. The van der Waals surface area contributed by atoms with E-state index in [4.69, 9.17) is 32.7 Å². The average molecular weight is 391 g/mol. The lowest BCUT2D eigenvalue weighted by Gasteiger charge is -2.12. The molecule has 2 aromatic carbocycles. The molecule has 0 bridgehead atoms. The summed E-state index contributed by atoms with van der Waals surface area (Å²) in [6, 6.07) is 12.4. The van der Waals surface area contributed by atoms with Gasteiger partial charge in [-0.05, 0) is 36.4 Å². The Balaban J connectivity index is 1.79. The number of ether oxygens (including phenoxy) is 2. The number of hydrogen-bond acceptors (Lipinski definition) is 6. The molecule has 1 aromatic heterocycles. The summed E-state index contributed by atoms with van der Waals surface area (Å²) >= 11 is 12.0. The van der Waals surface area contributed by atoms with Crippen molar-refractivity contribution in [1.82, 2.24) is 9.97 Å². The Hall–Kier alpha value is -2.70. The lowest BCUT2D eigenvalue weighted by atomic mass is 10.2. The molecular formula is C18H16Cl2N4O2. The molecule has 134 valence electrons. The minimum Gasteiger partial charge on any atom is -0.493 e. The third kappa shape index (κ3) is 4.47. The molecular weight excluding hydrogens is 375 g/mol. The van der Waals surface area contributed by atoms with Crippen molar-refractivity contribution in [2.75, 3.05) is 24.9 Å². The summed E-state index contributed by atoms with van der Waals surface area (Å²) < 4.78 is 10.5. The van der Waals surface area contributed by atoms with Crippen molar-refractivity contribution >= 4 is 46.3 Å². The Morgan fingerprint density at radius 1 is 0.808 bits per heavy atom.